The summed E-state index contributed by atoms with van der Waals surface area (Å²) in [4.78, 5) is 0. The quantitative estimate of drug-likeness (QED) is 0.675. The molecule has 70 valence electrons. The first-order chi connectivity index (χ1) is 5.68. The molecule has 12 heavy (non-hydrogen) atoms. The molecule has 1 aliphatic carbocycles. The van der Waals surface area contributed by atoms with Crippen molar-refractivity contribution in [1.29, 1.82) is 0 Å². The van der Waals surface area contributed by atoms with Gasteiger partial charge < -0.3 is 10.1 Å². The van der Waals surface area contributed by atoms with Crippen LogP contribution in [0, 0.1) is 11.3 Å². The summed E-state index contributed by atoms with van der Waals surface area (Å²) >= 11 is 0. The van der Waals surface area contributed by atoms with Crippen molar-refractivity contribution < 1.29 is 4.74 Å². The Bertz CT molecular complexity index is 179. The molecule has 1 aliphatic heterocycles. The van der Waals surface area contributed by atoms with Crippen LogP contribution >= 0.6 is 0 Å². The van der Waals surface area contributed by atoms with Crippen LogP contribution in [-0.4, -0.2) is 25.3 Å². The van der Waals surface area contributed by atoms with Gasteiger partial charge in [0, 0.05) is 24.0 Å². The van der Waals surface area contributed by atoms with Gasteiger partial charge >= 0.3 is 0 Å². The lowest BCUT2D eigenvalue weighted by atomic mass is 9.57. The molecule has 2 rings (SSSR count). The van der Waals surface area contributed by atoms with Crippen molar-refractivity contribution in [1.82, 2.24) is 5.32 Å². The minimum absolute atomic E-state index is 0.358. The number of hydrogen-bond acceptors (Lipinski definition) is 2. The van der Waals surface area contributed by atoms with E-state index < -0.39 is 0 Å². The van der Waals surface area contributed by atoms with E-state index in [1.165, 1.54) is 6.42 Å². The first-order valence-corrected chi connectivity index (χ1v) is 5.03. The number of nitrogens with one attached hydrogen (secondary N) is 1. The summed E-state index contributed by atoms with van der Waals surface area (Å²) in [6.45, 7) is 8.86. The summed E-state index contributed by atoms with van der Waals surface area (Å²) < 4.78 is 5.70. The second-order valence-electron chi connectivity index (χ2n) is 4.60. The molecule has 1 N–H and O–H groups in total. The Hall–Kier alpha value is -0.0800. The number of fused-ring (bicyclic) bond motifs is 1. The Labute approximate surface area is 74.7 Å². The van der Waals surface area contributed by atoms with Gasteiger partial charge in [0.25, 0.3) is 0 Å². The molecular weight excluding hydrogens is 150 g/mol. The van der Waals surface area contributed by atoms with E-state index in [-0.39, 0.29) is 0 Å². The van der Waals surface area contributed by atoms with E-state index in [0.717, 1.165) is 19.1 Å². The first kappa shape index (κ1) is 8.52. The Morgan fingerprint density at radius 3 is 2.92 bits per heavy atom. The van der Waals surface area contributed by atoms with Gasteiger partial charge in [0.15, 0.2) is 0 Å². The van der Waals surface area contributed by atoms with Crippen LogP contribution in [0.15, 0.2) is 0 Å². The Balaban J connectivity index is 2.04. The highest BCUT2D eigenvalue weighted by atomic mass is 16.5. The van der Waals surface area contributed by atoms with E-state index in [9.17, 15) is 0 Å². The third kappa shape index (κ3) is 0.944. The smallest absolute Gasteiger partial charge is 0.0685 e. The van der Waals surface area contributed by atoms with Gasteiger partial charge in [-0.05, 0) is 13.0 Å². The topological polar surface area (TPSA) is 21.3 Å². The SMILES string of the molecule is CCNC1C2CCOC2C1(C)C. The standard InChI is InChI=1S/C10H19NO/c1-4-11-8-7-5-6-12-9(7)10(8,2)3/h7-9,11H,4-6H2,1-3H3. The number of hydrogen-bond donors (Lipinski definition) is 1. The highest BCUT2D eigenvalue weighted by molar-refractivity contribution is 5.10. The largest absolute Gasteiger partial charge is 0.377 e. The molecule has 2 fully saturated rings. The van der Waals surface area contributed by atoms with E-state index in [0.29, 0.717) is 17.6 Å². The second kappa shape index (κ2) is 2.71. The summed E-state index contributed by atoms with van der Waals surface area (Å²) in [5.74, 6) is 0.792. The Kier molecular flexibility index (Phi) is 1.92. The molecule has 3 unspecified atom stereocenters. The van der Waals surface area contributed by atoms with Gasteiger partial charge in [0.1, 0.15) is 0 Å². The van der Waals surface area contributed by atoms with Crippen molar-refractivity contribution in [3.63, 3.8) is 0 Å². The molecule has 2 aliphatic rings. The molecule has 0 radical (unpaired) electrons. The van der Waals surface area contributed by atoms with Gasteiger partial charge in [0.05, 0.1) is 6.10 Å². The van der Waals surface area contributed by atoms with Crippen LogP contribution in [0.3, 0.4) is 0 Å². The van der Waals surface area contributed by atoms with Crippen molar-refractivity contribution in [2.45, 2.75) is 39.3 Å². The minimum atomic E-state index is 0.358. The van der Waals surface area contributed by atoms with E-state index in [1.807, 2.05) is 0 Å². The monoisotopic (exact) mass is 169 g/mol. The molecular formula is C10H19NO. The zero-order valence-corrected chi connectivity index (χ0v) is 8.26. The molecule has 0 aromatic carbocycles. The van der Waals surface area contributed by atoms with Crippen LogP contribution in [0.1, 0.15) is 27.2 Å². The highest BCUT2D eigenvalue weighted by Crippen LogP contribution is 2.51. The lowest BCUT2D eigenvalue weighted by molar-refractivity contribution is -0.111. The fraction of sp³-hybridized carbons (Fsp3) is 1.00. The fourth-order valence-corrected chi connectivity index (χ4v) is 2.96. The molecule has 0 aromatic heterocycles. The average molecular weight is 169 g/mol. The zero-order chi connectivity index (χ0) is 8.77. The summed E-state index contributed by atoms with van der Waals surface area (Å²) in [6.07, 6.45) is 1.78. The van der Waals surface area contributed by atoms with E-state index in [1.54, 1.807) is 0 Å². The van der Waals surface area contributed by atoms with Gasteiger partial charge in [-0.25, -0.2) is 0 Å². The Morgan fingerprint density at radius 1 is 1.50 bits per heavy atom. The molecule has 0 spiro atoms. The van der Waals surface area contributed by atoms with Crippen LogP contribution in [0.25, 0.3) is 0 Å². The van der Waals surface area contributed by atoms with Crippen LogP contribution in [0.2, 0.25) is 0 Å². The molecule has 0 bridgehead atoms. The van der Waals surface area contributed by atoms with Crippen LogP contribution < -0.4 is 5.32 Å². The maximum absolute atomic E-state index is 5.70. The molecule has 0 amide bonds. The zero-order valence-electron chi connectivity index (χ0n) is 8.26. The lowest BCUT2D eigenvalue weighted by Crippen LogP contribution is -2.65. The maximum atomic E-state index is 5.70. The molecule has 2 heteroatoms. The fourth-order valence-electron chi connectivity index (χ4n) is 2.96. The Morgan fingerprint density at radius 2 is 2.25 bits per heavy atom. The van der Waals surface area contributed by atoms with Crippen molar-refractivity contribution in [3.8, 4) is 0 Å². The molecule has 0 aromatic rings. The summed E-state index contributed by atoms with van der Waals surface area (Å²) in [5, 5.41) is 3.56. The van der Waals surface area contributed by atoms with Crippen molar-refractivity contribution in [2.75, 3.05) is 13.2 Å². The van der Waals surface area contributed by atoms with Gasteiger partial charge in [-0.1, -0.05) is 20.8 Å². The van der Waals surface area contributed by atoms with E-state index in [4.69, 9.17) is 4.74 Å². The molecule has 1 saturated carbocycles. The summed E-state index contributed by atoms with van der Waals surface area (Å²) in [7, 11) is 0. The van der Waals surface area contributed by atoms with Crippen molar-refractivity contribution in [3.05, 3.63) is 0 Å². The van der Waals surface area contributed by atoms with Crippen LogP contribution in [0.5, 0.6) is 0 Å². The van der Waals surface area contributed by atoms with E-state index in [2.05, 4.69) is 26.1 Å². The van der Waals surface area contributed by atoms with Gasteiger partial charge in [0.2, 0.25) is 0 Å². The predicted octanol–water partition coefficient (Wildman–Crippen LogP) is 1.41. The third-order valence-corrected chi connectivity index (χ3v) is 3.52. The average Bonchev–Trinajstić information content (AvgIpc) is 2.46. The molecule has 3 atom stereocenters. The highest BCUT2D eigenvalue weighted by Gasteiger charge is 2.58. The van der Waals surface area contributed by atoms with Gasteiger partial charge in [-0.2, -0.15) is 0 Å². The predicted molar refractivity (Wildman–Crippen MR) is 49.1 cm³/mol. The number of rotatable bonds is 2. The first-order valence-electron chi connectivity index (χ1n) is 5.03. The van der Waals surface area contributed by atoms with Crippen LogP contribution in [-0.2, 0) is 4.74 Å². The lowest BCUT2D eigenvalue weighted by Gasteiger charge is -2.54. The second-order valence-corrected chi connectivity index (χ2v) is 4.60. The van der Waals surface area contributed by atoms with Crippen molar-refractivity contribution in [2.24, 2.45) is 11.3 Å². The summed E-state index contributed by atoms with van der Waals surface area (Å²) in [5.41, 5.74) is 0.358. The van der Waals surface area contributed by atoms with E-state index >= 15 is 0 Å². The minimum Gasteiger partial charge on any atom is -0.377 e. The normalized spacial score (nSPS) is 43.8. The number of ether oxygens (including phenoxy) is 1. The summed E-state index contributed by atoms with van der Waals surface area (Å²) in [6, 6.07) is 0.690. The molecule has 1 heterocycles. The van der Waals surface area contributed by atoms with Gasteiger partial charge in [-0.15, -0.1) is 0 Å². The van der Waals surface area contributed by atoms with Crippen LogP contribution in [0.4, 0.5) is 0 Å². The maximum Gasteiger partial charge on any atom is 0.0685 e. The molecule has 2 nitrogen and oxygen atoms in total. The third-order valence-electron chi connectivity index (χ3n) is 3.52. The van der Waals surface area contributed by atoms with Crippen molar-refractivity contribution >= 4 is 0 Å². The van der Waals surface area contributed by atoms with Gasteiger partial charge in [-0.3, -0.25) is 0 Å². The molecule has 1 saturated heterocycles.